The monoisotopic (exact) mass is 704 g/mol. The van der Waals surface area contributed by atoms with Crippen molar-refractivity contribution in [1.82, 2.24) is 24.8 Å². The first-order valence-electron chi connectivity index (χ1n) is 17.5. The lowest BCUT2D eigenvalue weighted by atomic mass is 9.93. The van der Waals surface area contributed by atoms with E-state index in [4.69, 9.17) is 24.9 Å². The molecule has 8 heterocycles. The summed E-state index contributed by atoms with van der Waals surface area (Å²) in [5.41, 5.74) is 8.88. The maximum Gasteiger partial charge on any atom is 0.318 e. The van der Waals surface area contributed by atoms with E-state index in [-0.39, 0.29) is 30.2 Å². The molecule has 4 unspecified atom stereocenters. The predicted molar refractivity (Wildman–Crippen MR) is 189 cm³/mol. The van der Waals surface area contributed by atoms with Gasteiger partial charge < -0.3 is 24.8 Å². The predicted octanol–water partition coefficient (Wildman–Crippen LogP) is 5.42. The lowest BCUT2D eigenvalue weighted by Gasteiger charge is -2.42. The number of ether oxygens (including phenoxy) is 3. The van der Waals surface area contributed by atoms with Gasteiger partial charge >= 0.3 is 6.01 Å². The van der Waals surface area contributed by atoms with Gasteiger partial charge in [-0.3, -0.25) is 14.8 Å². The summed E-state index contributed by atoms with van der Waals surface area (Å²) in [5.74, 6) is 0.178. The molecule has 264 valence electrons. The van der Waals surface area contributed by atoms with Gasteiger partial charge in [-0.25, -0.2) is 8.78 Å². The molecule has 0 saturated carbocycles. The number of likely N-dealkylation sites (tertiary alicyclic amines) is 1. The molecule has 0 spiro atoms. The number of halogens is 2. The molecule has 0 radical (unpaired) electrons. The highest BCUT2D eigenvalue weighted by Gasteiger charge is 2.43. The number of alkyl halides is 1. The van der Waals surface area contributed by atoms with E-state index in [0.717, 1.165) is 68.7 Å². The highest BCUT2D eigenvalue weighted by molar-refractivity contribution is 7.23. The third kappa shape index (κ3) is 5.73. The molecule has 0 aliphatic carbocycles. The van der Waals surface area contributed by atoms with Gasteiger partial charge in [-0.2, -0.15) is 15.2 Å². The van der Waals surface area contributed by atoms with Crippen LogP contribution in [0, 0.1) is 17.1 Å². The highest BCUT2D eigenvalue weighted by Crippen LogP contribution is 2.47. The number of nitrogen functional groups attached to an aromatic ring is 1. The number of methoxy groups -OCH3 is 2. The van der Waals surface area contributed by atoms with Crippen LogP contribution in [0.1, 0.15) is 55.2 Å². The fourth-order valence-electron chi connectivity index (χ4n) is 8.86. The van der Waals surface area contributed by atoms with E-state index in [9.17, 15) is 9.65 Å². The second kappa shape index (κ2) is 13.8. The number of nitrogens with zero attached hydrogens (tertiary/aromatic N) is 7. The van der Waals surface area contributed by atoms with Gasteiger partial charge in [0.2, 0.25) is 0 Å². The fraction of sp³-hybridized carbons (Fsp3) is 0.556. The maximum atomic E-state index is 16.9. The van der Waals surface area contributed by atoms with Gasteiger partial charge in [0.15, 0.2) is 5.82 Å². The zero-order valence-electron chi connectivity index (χ0n) is 28.5. The quantitative estimate of drug-likeness (QED) is 0.248. The minimum absolute atomic E-state index is 0.113. The summed E-state index contributed by atoms with van der Waals surface area (Å²) in [7, 11) is 3.23. The minimum Gasteiger partial charge on any atom is -0.467 e. The molecule has 50 heavy (non-hydrogen) atoms. The number of anilines is 2. The maximum absolute atomic E-state index is 16.9. The number of aromatic nitrogens is 3. The Hall–Kier alpha value is -3.74. The molecule has 5 aliphatic rings. The van der Waals surface area contributed by atoms with Crippen molar-refractivity contribution >= 4 is 43.1 Å². The summed E-state index contributed by atoms with van der Waals surface area (Å²) in [4.78, 5) is 21.1. The Morgan fingerprint density at radius 2 is 1.88 bits per heavy atom. The van der Waals surface area contributed by atoms with Crippen LogP contribution in [0.5, 0.6) is 6.01 Å². The molecular weight excluding hydrogens is 663 g/mol. The van der Waals surface area contributed by atoms with Gasteiger partial charge in [0.05, 0.1) is 37.0 Å². The Labute approximate surface area is 293 Å². The number of piperazine rings is 1. The Bertz CT molecular complexity index is 1940. The van der Waals surface area contributed by atoms with Crippen molar-refractivity contribution in [1.29, 1.82) is 5.26 Å². The van der Waals surface area contributed by atoms with Crippen LogP contribution in [0.15, 0.2) is 12.3 Å². The molecule has 11 nitrogen and oxygen atoms in total. The molecule has 4 fully saturated rings. The molecule has 2 N–H and O–H groups in total. The molecular formula is C36H42F2N8O3S. The van der Waals surface area contributed by atoms with Gasteiger partial charge in [-0.15, -0.1) is 11.3 Å². The van der Waals surface area contributed by atoms with Crippen molar-refractivity contribution in [2.45, 2.75) is 76.0 Å². The lowest BCUT2D eigenvalue weighted by molar-refractivity contribution is 0.135. The normalized spacial score (nSPS) is 24.4. The smallest absolute Gasteiger partial charge is 0.318 e. The van der Waals surface area contributed by atoms with E-state index in [1.165, 1.54) is 31.3 Å². The first-order chi connectivity index (χ1) is 24.4. The Morgan fingerprint density at radius 3 is 2.62 bits per heavy atom. The Kier molecular flexibility index (Phi) is 9.20. The average molecular weight is 705 g/mol. The summed E-state index contributed by atoms with van der Waals surface area (Å²) >= 11 is 1.29. The number of nitriles is 1. The number of nitrogens with two attached hydrogens (primary N) is 1. The lowest BCUT2D eigenvalue weighted by Crippen LogP contribution is -2.54. The summed E-state index contributed by atoms with van der Waals surface area (Å²) in [6.45, 7) is 5.94. The molecule has 4 atom stereocenters. The van der Waals surface area contributed by atoms with E-state index in [2.05, 4.69) is 30.7 Å². The molecule has 2 bridgehead atoms. The molecule has 9 rings (SSSR count). The van der Waals surface area contributed by atoms with Gasteiger partial charge in [0.1, 0.15) is 28.6 Å². The van der Waals surface area contributed by atoms with Crippen LogP contribution in [-0.4, -0.2) is 103 Å². The summed E-state index contributed by atoms with van der Waals surface area (Å²) in [5, 5.41) is 11.5. The molecule has 0 amide bonds. The second-order valence-corrected chi connectivity index (χ2v) is 15.0. The second-order valence-electron chi connectivity index (χ2n) is 13.9. The molecule has 1 aromatic carbocycles. The van der Waals surface area contributed by atoms with Crippen molar-refractivity contribution < 1.29 is 23.0 Å². The number of pyridine rings is 1. The Balaban J connectivity index is 0.000000346. The van der Waals surface area contributed by atoms with Crippen molar-refractivity contribution in [2.75, 3.05) is 64.2 Å². The van der Waals surface area contributed by atoms with Crippen LogP contribution in [-0.2, 0) is 22.7 Å². The fourth-order valence-corrected chi connectivity index (χ4v) is 9.78. The van der Waals surface area contributed by atoms with E-state index >= 15 is 4.39 Å². The largest absolute Gasteiger partial charge is 0.467 e. The SMILES string of the molecule is COCCCN1CC2CCC(C1)N2c1nc(OC)nc2c(F)c(-c3nccc4sc(N)c(C#N)c34)c3c(c12)COC3.FC1CC2CCCN2C1. The van der Waals surface area contributed by atoms with Crippen molar-refractivity contribution in [3.8, 4) is 23.3 Å². The summed E-state index contributed by atoms with van der Waals surface area (Å²) in [6, 6.07) is 5.21. The summed E-state index contributed by atoms with van der Waals surface area (Å²) < 4.78 is 47.0. The van der Waals surface area contributed by atoms with Gasteiger partial charge in [0.25, 0.3) is 0 Å². The van der Waals surface area contributed by atoms with Crippen LogP contribution in [0.2, 0.25) is 0 Å². The number of hydrogen-bond donors (Lipinski definition) is 1. The first kappa shape index (κ1) is 33.4. The van der Waals surface area contributed by atoms with Gasteiger partial charge in [-0.1, -0.05) is 0 Å². The average Bonchev–Trinajstić information content (AvgIpc) is 3.94. The third-order valence-electron chi connectivity index (χ3n) is 11.0. The van der Waals surface area contributed by atoms with Gasteiger partial charge in [-0.05, 0) is 62.3 Å². The number of thiophene rings is 1. The zero-order chi connectivity index (χ0) is 34.5. The first-order valence-corrected chi connectivity index (χ1v) is 18.3. The highest BCUT2D eigenvalue weighted by atomic mass is 32.1. The zero-order valence-corrected chi connectivity index (χ0v) is 29.3. The number of rotatable bonds is 7. The van der Waals surface area contributed by atoms with Crippen LogP contribution in [0.3, 0.4) is 0 Å². The van der Waals surface area contributed by atoms with E-state index < -0.39 is 12.0 Å². The summed E-state index contributed by atoms with van der Waals surface area (Å²) in [6.07, 6.45) is 7.51. The van der Waals surface area contributed by atoms with Crippen molar-refractivity contribution in [2.24, 2.45) is 0 Å². The van der Waals surface area contributed by atoms with E-state index in [1.54, 1.807) is 19.4 Å². The molecule has 14 heteroatoms. The minimum atomic E-state index is -0.523. The van der Waals surface area contributed by atoms with Crippen LogP contribution in [0.4, 0.5) is 19.6 Å². The van der Waals surface area contributed by atoms with E-state index in [1.807, 2.05) is 0 Å². The van der Waals surface area contributed by atoms with Crippen LogP contribution >= 0.6 is 11.3 Å². The Morgan fingerprint density at radius 1 is 1.08 bits per heavy atom. The molecule has 3 aromatic heterocycles. The molecule has 4 aromatic rings. The van der Waals surface area contributed by atoms with Gasteiger partial charge in [0, 0.05) is 79.9 Å². The van der Waals surface area contributed by atoms with Crippen LogP contribution < -0.4 is 15.4 Å². The van der Waals surface area contributed by atoms with E-state index in [0.29, 0.717) is 63.2 Å². The standard InChI is InChI=1S/C29H30FN7O3S.C7H12FN/c1-38-9-3-8-36-11-15-4-5-16(12-36)37(15)28-23-19-14-40-13-18(19)22(24(30)26(23)34-29(35-28)39-2)25-21-17(10-31)27(32)41-20(21)6-7-33-25;8-6-4-7-2-1-3-9(7)5-6/h6-7,15-16H,3-5,8-9,11-14,32H2,1-2H3;6-7H,1-5H2. The number of fused-ring (bicyclic) bond motifs is 7. The number of hydrogen-bond acceptors (Lipinski definition) is 12. The molecule has 5 aliphatic heterocycles. The van der Waals surface area contributed by atoms with Crippen LogP contribution in [0.25, 0.3) is 32.2 Å². The topological polar surface area (TPSA) is 126 Å². The third-order valence-corrected chi connectivity index (χ3v) is 12.0. The van der Waals surface area contributed by atoms with Crippen molar-refractivity contribution in [3.63, 3.8) is 0 Å². The van der Waals surface area contributed by atoms with Crippen molar-refractivity contribution in [3.05, 3.63) is 34.8 Å². The number of benzene rings is 1. The molecule has 4 saturated heterocycles.